The fourth-order valence-corrected chi connectivity index (χ4v) is 4.83. The summed E-state index contributed by atoms with van der Waals surface area (Å²) in [6.45, 7) is 3.45. The van der Waals surface area contributed by atoms with Crippen molar-refractivity contribution in [3.8, 4) is 5.75 Å². The number of nitrogens with zero attached hydrogens (tertiary/aromatic N) is 2. The van der Waals surface area contributed by atoms with E-state index in [9.17, 15) is 18.8 Å². The van der Waals surface area contributed by atoms with Crippen molar-refractivity contribution in [3.63, 3.8) is 0 Å². The van der Waals surface area contributed by atoms with Crippen LogP contribution in [0.25, 0.3) is 0 Å². The number of amides is 4. The summed E-state index contributed by atoms with van der Waals surface area (Å²) in [6.07, 6.45) is 2.22. The van der Waals surface area contributed by atoms with Crippen molar-refractivity contribution < 1.29 is 23.5 Å². The number of benzene rings is 1. The highest BCUT2D eigenvalue weighted by atomic mass is 35.5. The first kappa shape index (κ1) is 21.7. The van der Waals surface area contributed by atoms with Gasteiger partial charge in [0.15, 0.2) is 0 Å². The smallest absolute Gasteiger partial charge is 0.322 e. The summed E-state index contributed by atoms with van der Waals surface area (Å²) >= 11 is 5.93. The Morgan fingerprint density at radius 1 is 1.32 bits per heavy atom. The summed E-state index contributed by atoms with van der Waals surface area (Å²) in [6, 6.07) is 2.53. The Kier molecular flexibility index (Phi) is 5.72. The average molecular weight is 453 g/mol. The maximum atomic E-state index is 14.2. The number of nitrogens with one attached hydrogen (secondary N) is 2. The van der Waals surface area contributed by atoms with E-state index >= 15 is 0 Å². The molecule has 2 aliphatic heterocycles. The monoisotopic (exact) mass is 452 g/mol. The minimum absolute atomic E-state index is 0.0464. The number of carbonyl (C=O) groups excluding carboxylic acids is 3. The number of ether oxygens (including phenoxy) is 1. The molecule has 4 rings (SSSR count). The molecule has 10 heteroatoms. The van der Waals surface area contributed by atoms with E-state index < -0.39 is 17.4 Å². The van der Waals surface area contributed by atoms with E-state index in [1.54, 1.807) is 11.0 Å². The molecular weight excluding hydrogens is 427 g/mol. The van der Waals surface area contributed by atoms with Crippen LogP contribution in [-0.4, -0.2) is 61.1 Å². The Morgan fingerprint density at radius 2 is 2.06 bits per heavy atom. The molecule has 0 aromatic heterocycles. The molecule has 2 saturated heterocycles. The van der Waals surface area contributed by atoms with Crippen LogP contribution in [0, 0.1) is 11.7 Å². The number of hydrogen-bond donors (Lipinski definition) is 2. The van der Waals surface area contributed by atoms with Crippen molar-refractivity contribution in [1.82, 2.24) is 15.5 Å². The minimum atomic E-state index is -0.961. The standard InChI is InChI=1S/C21H26ClFN4O4/c1-12-11-26(7-8-27(12)14-9-15(23)18(22)16(10-14)31-2)17(28)5-6-21(13-3-4-13)19(29)24-20(30)25-21/h9-10,12-13H,3-8,11H2,1-2H3,(H2,24,25,29,30)/t12-,21-/m0/s1. The number of urea groups is 1. The van der Waals surface area contributed by atoms with Gasteiger partial charge in [-0.25, -0.2) is 9.18 Å². The first-order chi connectivity index (χ1) is 14.7. The van der Waals surface area contributed by atoms with Crippen molar-refractivity contribution in [2.75, 3.05) is 31.6 Å². The van der Waals surface area contributed by atoms with E-state index in [0.29, 0.717) is 31.7 Å². The first-order valence-electron chi connectivity index (χ1n) is 10.5. The lowest BCUT2D eigenvalue weighted by Crippen LogP contribution is -2.54. The molecule has 1 saturated carbocycles. The van der Waals surface area contributed by atoms with E-state index in [-0.39, 0.29) is 41.0 Å². The molecule has 168 valence electrons. The molecule has 2 N–H and O–H groups in total. The van der Waals surface area contributed by atoms with Crippen LogP contribution in [0.15, 0.2) is 12.1 Å². The highest BCUT2D eigenvalue weighted by Gasteiger charge is 2.55. The number of piperazine rings is 1. The summed E-state index contributed by atoms with van der Waals surface area (Å²) < 4.78 is 19.3. The number of halogens is 2. The van der Waals surface area contributed by atoms with Crippen LogP contribution in [0.1, 0.15) is 32.6 Å². The highest BCUT2D eigenvalue weighted by molar-refractivity contribution is 6.32. The van der Waals surface area contributed by atoms with Gasteiger partial charge in [0.1, 0.15) is 22.1 Å². The van der Waals surface area contributed by atoms with Crippen LogP contribution in [0.2, 0.25) is 5.02 Å². The third-order valence-corrected chi connectivity index (χ3v) is 6.85. The molecule has 2 heterocycles. The molecule has 0 bridgehead atoms. The summed E-state index contributed by atoms with van der Waals surface area (Å²) in [7, 11) is 1.44. The fourth-order valence-electron chi connectivity index (χ4n) is 4.64. The normalized spacial score (nSPS) is 26.0. The lowest BCUT2D eigenvalue weighted by Gasteiger charge is -2.41. The van der Waals surface area contributed by atoms with Crippen LogP contribution >= 0.6 is 11.6 Å². The predicted molar refractivity (Wildman–Crippen MR) is 113 cm³/mol. The molecule has 3 aliphatic rings. The second-order valence-electron chi connectivity index (χ2n) is 8.48. The van der Waals surface area contributed by atoms with E-state index in [0.717, 1.165) is 12.8 Å². The van der Waals surface area contributed by atoms with Crippen LogP contribution in [0.3, 0.4) is 0 Å². The lowest BCUT2D eigenvalue weighted by atomic mass is 9.87. The molecule has 4 amide bonds. The summed E-state index contributed by atoms with van der Waals surface area (Å²) in [5.74, 6) is -0.573. The molecule has 1 aromatic carbocycles. The van der Waals surface area contributed by atoms with E-state index in [1.165, 1.54) is 13.2 Å². The van der Waals surface area contributed by atoms with Crippen LogP contribution in [-0.2, 0) is 9.59 Å². The third kappa shape index (κ3) is 4.03. The molecular formula is C21H26ClFN4O4. The average Bonchev–Trinajstić information content (AvgIpc) is 3.54. The molecule has 31 heavy (non-hydrogen) atoms. The van der Waals surface area contributed by atoms with Gasteiger partial charge in [0, 0.05) is 43.9 Å². The van der Waals surface area contributed by atoms with Crippen molar-refractivity contribution in [1.29, 1.82) is 0 Å². The predicted octanol–water partition coefficient (Wildman–Crippen LogP) is 2.29. The molecule has 0 radical (unpaired) electrons. The van der Waals surface area contributed by atoms with E-state index in [1.807, 2.05) is 11.8 Å². The Labute approximate surface area is 185 Å². The van der Waals surface area contributed by atoms with Crippen LogP contribution in [0.5, 0.6) is 5.75 Å². The van der Waals surface area contributed by atoms with Crippen molar-refractivity contribution in [3.05, 3.63) is 23.0 Å². The number of methoxy groups -OCH3 is 1. The van der Waals surface area contributed by atoms with Gasteiger partial charge >= 0.3 is 6.03 Å². The number of rotatable bonds is 6. The Hall–Kier alpha value is -2.55. The van der Waals surface area contributed by atoms with Gasteiger partial charge in [-0.2, -0.15) is 0 Å². The maximum absolute atomic E-state index is 14.2. The SMILES string of the molecule is COc1cc(N2CCN(C(=O)CC[C@@]3(C4CC4)NC(=O)NC3=O)C[C@@H]2C)cc(F)c1Cl. The highest BCUT2D eigenvalue weighted by Crippen LogP contribution is 2.44. The van der Waals surface area contributed by atoms with Crippen LogP contribution < -0.4 is 20.3 Å². The van der Waals surface area contributed by atoms with Crippen molar-refractivity contribution >= 4 is 35.1 Å². The molecule has 0 unspecified atom stereocenters. The van der Waals surface area contributed by atoms with Gasteiger partial charge < -0.3 is 19.9 Å². The second-order valence-corrected chi connectivity index (χ2v) is 8.86. The third-order valence-electron chi connectivity index (χ3n) is 6.49. The summed E-state index contributed by atoms with van der Waals surface area (Å²) in [5, 5.41) is 5.01. The van der Waals surface area contributed by atoms with Gasteiger partial charge in [0.05, 0.1) is 7.11 Å². The summed E-state index contributed by atoms with van der Waals surface area (Å²) in [5.41, 5.74) is -0.311. The summed E-state index contributed by atoms with van der Waals surface area (Å²) in [4.78, 5) is 40.7. The topological polar surface area (TPSA) is 91.0 Å². The van der Waals surface area contributed by atoms with Crippen molar-refractivity contribution in [2.24, 2.45) is 5.92 Å². The van der Waals surface area contributed by atoms with Gasteiger partial charge in [-0.1, -0.05) is 11.6 Å². The fraction of sp³-hybridized carbons (Fsp3) is 0.571. The molecule has 2 atom stereocenters. The van der Waals surface area contributed by atoms with E-state index in [2.05, 4.69) is 10.6 Å². The number of hydrogen-bond acceptors (Lipinski definition) is 5. The van der Waals surface area contributed by atoms with Crippen molar-refractivity contribution in [2.45, 2.75) is 44.2 Å². The van der Waals surface area contributed by atoms with Crippen LogP contribution in [0.4, 0.5) is 14.9 Å². The van der Waals surface area contributed by atoms with Gasteiger partial charge in [0.2, 0.25) is 5.91 Å². The quantitative estimate of drug-likeness (QED) is 0.646. The molecule has 1 aromatic rings. The zero-order valence-electron chi connectivity index (χ0n) is 17.5. The molecule has 0 spiro atoms. The zero-order chi connectivity index (χ0) is 22.3. The Balaban J connectivity index is 1.39. The molecule has 3 fully saturated rings. The van der Waals surface area contributed by atoms with E-state index in [4.69, 9.17) is 16.3 Å². The number of imide groups is 1. The Bertz CT molecular complexity index is 925. The first-order valence-corrected chi connectivity index (χ1v) is 10.8. The van der Waals surface area contributed by atoms with Gasteiger partial charge in [-0.15, -0.1) is 0 Å². The maximum Gasteiger partial charge on any atom is 0.322 e. The number of carbonyl (C=O) groups is 3. The largest absolute Gasteiger partial charge is 0.495 e. The Morgan fingerprint density at radius 3 is 2.65 bits per heavy atom. The second kappa shape index (κ2) is 8.18. The molecule has 8 nitrogen and oxygen atoms in total. The zero-order valence-corrected chi connectivity index (χ0v) is 18.3. The van der Waals surface area contributed by atoms with Gasteiger partial charge in [-0.05, 0) is 38.2 Å². The minimum Gasteiger partial charge on any atom is -0.495 e. The molecule has 1 aliphatic carbocycles. The van der Waals surface area contributed by atoms with Gasteiger partial charge in [-0.3, -0.25) is 14.9 Å². The van der Waals surface area contributed by atoms with Gasteiger partial charge in [0.25, 0.3) is 5.91 Å². The number of anilines is 1. The lowest BCUT2D eigenvalue weighted by molar-refractivity contribution is -0.133.